The van der Waals surface area contributed by atoms with Gasteiger partial charge in [-0.25, -0.2) is 0 Å². The molecule has 17 heavy (non-hydrogen) atoms. The van der Waals surface area contributed by atoms with Crippen LogP contribution in [0.15, 0.2) is 24.3 Å². The summed E-state index contributed by atoms with van der Waals surface area (Å²) < 4.78 is 5.11. The first-order valence-corrected chi connectivity index (χ1v) is 5.57. The Hall–Kier alpha value is -1.55. The molecule has 1 amide bonds. The van der Waals surface area contributed by atoms with E-state index in [0.29, 0.717) is 13.0 Å². The molecular weight excluding hydrogens is 218 g/mol. The Morgan fingerprint density at radius 3 is 2.76 bits per heavy atom. The maximum absolute atomic E-state index is 11.4. The topological polar surface area (TPSA) is 58.6 Å². The minimum absolute atomic E-state index is 0.361. The lowest BCUT2D eigenvalue weighted by atomic mass is 10.1. The van der Waals surface area contributed by atoms with Crippen LogP contribution < -0.4 is 10.1 Å². The molecule has 0 aromatic heterocycles. The van der Waals surface area contributed by atoms with Gasteiger partial charge in [0.1, 0.15) is 11.4 Å². The van der Waals surface area contributed by atoms with Gasteiger partial charge >= 0.3 is 0 Å². The Morgan fingerprint density at radius 2 is 2.18 bits per heavy atom. The van der Waals surface area contributed by atoms with Gasteiger partial charge in [0, 0.05) is 6.54 Å². The van der Waals surface area contributed by atoms with E-state index in [2.05, 4.69) is 5.32 Å². The zero-order valence-electron chi connectivity index (χ0n) is 10.5. The molecule has 1 rings (SSSR count). The van der Waals surface area contributed by atoms with Gasteiger partial charge in [-0.1, -0.05) is 12.1 Å². The van der Waals surface area contributed by atoms with Crippen LogP contribution in [0.5, 0.6) is 5.75 Å². The van der Waals surface area contributed by atoms with E-state index in [0.717, 1.165) is 11.3 Å². The van der Waals surface area contributed by atoms with Gasteiger partial charge in [0.15, 0.2) is 0 Å². The Balaban J connectivity index is 2.43. The van der Waals surface area contributed by atoms with Crippen molar-refractivity contribution in [2.45, 2.75) is 25.9 Å². The van der Waals surface area contributed by atoms with Gasteiger partial charge in [-0.15, -0.1) is 0 Å². The maximum Gasteiger partial charge on any atom is 0.251 e. The summed E-state index contributed by atoms with van der Waals surface area (Å²) in [4.78, 5) is 11.4. The fourth-order valence-corrected chi connectivity index (χ4v) is 1.36. The molecule has 0 heterocycles. The van der Waals surface area contributed by atoms with Crippen molar-refractivity contribution in [1.82, 2.24) is 5.32 Å². The van der Waals surface area contributed by atoms with Gasteiger partial charge < -0.3 is 15.2 Å². The Morgan fingerprint density at radius 1 is 1.47 bits per heavy atom. The average molecular weight is 237 g/mol. The van der Waals surface area contributed by atoms with E-state index >= 15 is 0 Å². The number of hydrogen-bond acceptors (Lipinski definition) is 3. The molecule has 0 radical (unpaired) electrons. The van der Waals surface area contributed by atoms with E-state index in [-0.39, 0.29) is 5.91 Å². The highest BCUT2D eigenvalue weighted by molar-refractivity contribution is 5.83. The number of carbonyl (C=O) groups is 1. The zero-order chi connectivity index (χ0) is 12.9. The average Bonchev–Trinajstić information content (AvgIpc) is 2.28. The highest BCUT2D eigenvalue weighted by atomic mass is 16.5. The first kappa shape index (κ1) is 13.5. The summed E-state index contributed by atoms with van der Waals surface area (Å²) in [5.74, 6) is 0.441. The molecule has 2 N–H and O–H groups in total. The number of benzene rings is 1. The molecule has 0 aliphatic carbocycles. The molecule has 0 fully saturated rings. The SMILES string of the molecule is COc1cccc(CCNC(=O)C(C)(C)O)c1. The Labute approximate surface area is 102 Å². The zero-order valence-corrected chi connectivity index (χ0v) is 10.5. The summed E-state index contributed by atoms with van der Waals surface area (Å²) in [5.41, 5.74) is -0.241. The third-order valence-electron chi connectivity index (χ3n) is 2.39. The lowest BCUT2D eigenvalue weighted by molar-refractivity contribution is -0.136. The molecule has 1 aromatic rings. The van der Waals surface area contributed by atoms with Gasteiger partial charge in [-0.05, 0) is 38.0 Å². The number of ether oxygens (including phenoxy) is 1. The first-order chi connectivity index (χ1) is 7.93. The number of amides is 1. The van der Waals surface area contributed by atoms with Crippen LogP contribution in [0.1, 0.15) is 19.4 Å². The monoisotopic (exact) mass is 237 g/mol. The van der Waals surface area contributed by atoms with Crippen LogP contribution in [0.2, 0.25) is 0 Å². The summed E-state index contributed by atoms with van der Waals surface area (Å²) >= 11 is 0. The van der Waals surface area contributed by atoms with Crippen molar-refractivity contribution >= 4 is 5.91 Å². The Kier molecular flexibility index (Phi) is 4.52. The number of aliphatic hydroxyl groups is 1. The molecule has 0 atom stereocenters. The Bertz CT molecular complexity index is 382. The molecule has 1 aromatic carbocycles. The standard InChI is InChI=1S/C13H19NO3/c1-13(2,16)12(15)14-8-7-10-5-4-6-11(9-10)17-3/h4-6,9,16H,7-8H2,1-3H3,(H,14,15). The van der Waals surface area contributed by atoms with Crippen molar-refractivity contribution in [3.8, 4) is 5.75 Å². The number of nitrogens with one attached hydrogen (secondary N) is 1. The number of rotatable bonds is 5. The summed E-state index contributed by atoms with van der Waals surface area (Å²) in [6, 6.07) is 7.68. The molecular formula is C13H19NO3. The molecule has 0 saturated carbocycles. The van der Waals surface area contributed by atoms with Crippen LogP contribution in [0.3, 0.4) is 0 Å². The molecule has 0 aliphatic rings. The molecule has 0 spiro atoms. The minimum Gasteiger partial charge on any atom is -0.497 e. The molecule has 4 nitrogen and oxygen atoms in total. The fraction of sp³-hybridized carbons (Fsp3) is 0.462. The summed E-state index contributed by atoms with van der Waals surface area (Å²) in [6.45, 7) is 3.43. The van der Waals surface area contributed by atoms with Crippen LogP contribution in [0.25, 0.3) is 0 Å². The normalized spacial score (nSPS) is 11.1. The van der Waals surface area contributed by atoms with E-state index in [1.807, 2.05) is 24.3 Å². The molecule has 0 bridgehead atoms. The minimum atomic E-state index is -1.33. The van der Waals surface area contributed by atoms with E-state index < -0.39 is 5.60 Å². The fourth-order valence-electron chi connectivity index (χ4n) is 1.36. The largest absolute Gasteiger partial charge is 0.497 e. The predicted octanol–water partition coefficient (Wildman–Crippen LogP) is 1.12. The van der Waals surface area contributed by atoms with Gasteiger partial charge in [-0.2, -0.15) is 0 Å². The van der Waals surface area contributed by atoms with Crippen molar-refractivity contribution in [2.24, 2.45) is 0 Å². The quantitative estimate of drug-likeness (QED) is 0.807. The second-order valence-electron chi connectivity index (χ2n) is 4.42. The van der Waals surface area contributed by atoms with Crippen molar-refractivity contribution in [2.75, 3.05) is 13.7 Å². The van der Waals surface area contributed by atoms with Gasteiger partial charge in [0.25, 0.3) is 5.91 Å². The number of methoxy groups -OCH3 is 1. The van der Waals surface area contributed by atoms with Crippen LogP contribution in [-0.2, 0) is 11.2 Å². The first-order valence-electron chi connectivity index (χ1n) is 5.57. The molecule has 4 heteroatoms. The molecule has 94 valence electrons. The maximum atomic E-state index is 11.4. The lowest BCUT2D eigenvalue weighted by Crippen LogP contribution is -2.42. The van der Waals surface area contributed by atoms with Crippen molar-refractivity contribution in [1.29, 1.82) is 0 Å². The highest BCUT2D eigenvalue weighted by Gasteiger charge is 2.22. The van der Waals surface area contributed by atoms with E-state index in [4.69, 9.17) is 4.74 Å². The third-order valence-corrected chi connectivity index (χ3v) is 2.39. The lowest BCUT2D eigenvalue weighted by Gasteiger charge is -2.16. The summed E-state index contributed by atoms with van der Waals surface area (Å²) in [6.07, 6.45) is 0.707. The highest BCUT2D eigenvalue weighted by Crippen LogP contribution is 2.12. The second-order valence-corrected chi connectivity index (χ2v) is 4.42. The van der Waals surface area contributed by atoms with Gasteiger partial charge in [-0.3, -0.25) is 4.79 Å². The van der Waals surface area contributed by atoms with E-state index in [1.165, 1.54) is 13.8 Å². The van der Waals surface area contributed by atoms with Crippen LogP contribution >= 0.6 is 0 Å². The van der Waals surface area contributed by atoms with E-state index in [9.17, 15) is 9.90 Å². The number of carbonyl (C=O) groups excluding carboxylic acids is 1. The van der Waals surface area contributed by atoms with Gasteiger partial charge in [0.2, 0.25) is 0 Å². The second kappa shape index (κ2) is 5.68. The molecule has 0 aliphatic heterocycles. The van der Waals surface area contributed by atoms with Crippen LogP contribution in [0.4, 0.5) is 0 Å². The van der Waals surface area contributed by atoms with Crippen molar-refractivity contribution < 1.29 is 14.6 Å². The predicted molar refractivity (Wildman–Crippen MR) is 66.0 cm³/mol. The molecule has 0 saturated heterocycles. The smallest absolute Gasteiger partial charge is 0.251 e. The van der Waals surface area contributed by atoms with Crippen molar-refractivity contribution in [3.63, 3.8) is 0 Å². The third kappa shape index (κ3) is 4.44. The van der Waals surface area contributed by atoms with Crippen LogP contribution in [-0.4, -0.2) is 30.3 Å². The van der Waals surface area contributed by atoms with Crippen molar-refractivity contribution in [3.05, 3.63) is 29.8 Å². The number of hydrogen-bond donors (Lipinski definition) is 2. The van der Waals surface area contributed by atoms with Crippen LogP contribution in [0, 0.1) is 0 Å². The molecule has 0 unspecified atom stereocenters. The van der Waals surface area contributed by atoms with Gasteiger partial charge in [0.05, 0.1) is 7.11 Å². The van der Waals surface area contributed by atoms with E-state index in [1.54, 1.807) is 7.11 Å². The summed E-state index contributed by atoms with van der Waals surface area (Å²) in [7, 11) is 1.62. The summed E-state index contributed by atoms with van der Waals surface area (Å²) in [5, 5.41) is 12.1.